The van der Waals surface area contributed by atoms with Gasteiger partial charge in [-0.1, -0.05) is 36.1 Å². The lowest BCUT2D eigenvalue weighted by molar-refractivity contribution is 0.0955. The van der Waals surface area contributed by atoms with E-state index in [0.717, 1.165) is 25.2 Å². The zero-order valence-electron chi connectivity index (χ0n) is 14.4. The molecule has 4 rings (SSSR count). The molecule has 0 spiro atoms. The number of aliphatic hydroxyl groups is 1. The lowest BCUT2D eigenvalue weighted by Crippen LogP contribution is -2.50. The quantitative estimate of drug-likeness (QED) is 0.859. The first-order valence-electron chi connectivity index (χ1n) is 9.02. The van der Waals surface area contributed by atoms with Crippen LogP contribution in [0.2, 0.25) is 0 Å². The van der Waals surface area contributed by atoms with E-state index in [9.17, 15) is 0 Å². The van der Waals surface area contributed by atoms with Gasteiger partial charge in [-0.2, -0.15) is 0 Å². The standard InChI is InChI=1S/C21H24N2OS/c24-11-3-4-17-12-21(25-16-17)15-22-7-9-23(10-8-22)20-13-18-5-1-2-6-19(18)14-20/h1-2,5-6,12,16,20,24H,7-11,13-15H2. The third-order valence-electron chi connectivity index (χ3n) is 5.30. The monoisotopic (exact) mass is 352 g/mol. The van der Waals surface area contributed by atoms with Crippen LogP contribution in [0.25, 0.3) is 0 Å². The highest BCUT2D eigenvalue weighted by Gasteiger charge is 2.29. The van der Waals surface area contributed by atoms with Gasteiger partial charge < -0.3 is 5.11 Å². The molecule has 1 aliphatic carbocycles. The maximum atomic E-state index is 8.78. The van der Waals surface area contributed by atoms with Gasteiger partial charge in [0.1, 0.15) is 6.61 Å². The van der Waals surface area contributed by atoms with E-state index >= 15 is 0 Å². The number of hydrogen-bond acceptors (Lipinski definition) is 4. The topological polar surface area (TPSA) is 26.7 Å². The van der Waals surface area contributed by atoms with Crippen molar-refractivity contribution < 1.29 is 5.11 Å². The fourth-order valence-corrected chi connectivity index (χ4v) is 4.83. The van der Waals surface area contributed by atoms with Crippen molar-refractivity contribution in [2.75, 3.05) is 32.8 Å². The number of thiophene rings is 1. The zero-order valence-corrected chi connectivity index (χ0v) is 15.3. The maximum absolute atomic E-state index is 8.78. The molecule has 1 aromatic heterocycles. The van der Waals surface area contributed by atoms with Crippen molar-refractivity contribution in [3.05, 3.63) is 57.3 Å². The molecule has 1 saturated heterocycles. The lowest BCUT2D eigenvalue weighted by atomic mass is 10.1. The summed E-state index contributed by atoms with van der Waals surface area (Å²) < 4.78 is 0. The third-order valence-corrected chi connectivity index (χ3v) is 6.22. The van der Waals surface area contributed by atoms with Crippen LogP contribution in [-0.4, -0.2) is 53.7 Å². The fourth-order valence-electron chi connectivity index (χ4n) is 3.97. The Kier molecular flexibility index (Phi) is 5.19. The molecule has 2 aliphatic rings. The van der Waals surface area contributed by atoms with Crippen LogP contribution in [0.5, 0.6) is 0 Å². The van der Waals surface area contributed by atoms with Gasteiger partial charge in [0.25, 0.3) is 0 Å². The zero-order chi connectivity index (χ0) is 17.1. The molecule has 0 radical (unpaired) electrons. The summed E-state index contributed by atoms with van der Waals surface area (Å²) in [4.78, 5) is 6.60. The molecule has 0 amide bonds. The van der Waals surface area contributed by atoms with Gasteiger partial charge in [0.15, 0.2) is 0 Å². The molecule has 0 atom stereocenters. The minimum Gasteiger partial charge on any atom is -0.384 e. The molecule has 130 valence electrons. The molecule has 3 nitrogen and oxygen atoms in total. The first kappa shape index (κ1) is 16.8. The van der Waals surface area contributed by atoms with Crippen LogP contribution in [0.4, 0.5) is 0 Å². The van der Waals surface area contributed by atoms with Crippen LogP contribution in [0.3, 0.4) is 0 Å². The summed E-state index contributed by atoms with van der Waals surface area (Å²) in [5.74, 6) is 5.71. The van der Waals surface area contributed by atoms with Crippen molar-refractivity contribution in [2.45, 2.75) is 25.4 Å². The van der Waals surface area contributed by atoms with Gasteiger partial charge in [-0.15, -0.1) is 11.3 Å². The number of aliphatic hydroxyl groups excluding tert-OH is 1. The van der Waals surface area contributed by atoms with Crippen LogP contribution < -0.4 is 0 Å². The highest BCUT2D eigenvalue weighted by atomic mass is 32.1. The van der Waals surface area contributed by atoms with E-state index in [0.29, 0.717) is 6.04 Å². The summed E-state index contributed by atoms with van der Waals surface area (Å²) in [7, 11) is 0. The van der Waals surface area contributed by atoms with Crippen LogP contribution in [0.1, 0.15) is 21.6 Å². The molecule has 1 fully saturated rings. The molecule has 1 N–H and O–H groups in total. The molecule has 2 aromatic rings. The summed E-state index contributed by atoms with van der Waals surface area (Å²) in [5, 5.41) is 10.9. The Balaban J connectivity index is 1.28. The van der Waals surface area contributed by atoms with E-state index in [1.165, 1.54) is 30.8 Å². The second kappa shape index (κ2) is 7.72. The number of rotatable bonds is 3. The summed E-state index contributed by atoms with van der Waals surface area (Å²) in [6.45, 7) is 5.57. The molecule has 4 heteroatoms. The molecule has 0 unspecified atom stereocenters. The van der Waals surface area contributed by atoms with Crippen molar-refractivity contribution in [3.8, 4) is 11.8 Å². The molecular weight excluding hydrogens is 328 g/mol. The van der Waals surface area contributed by atoms with Crippen molar-refractivity contribution in [1.29, 1.82) is 0 Å². The van der Waals surface area contributed by atoms with Crippen LogP contribution in [0, 0.1) is 11.8 Å². The second-order valence-electron chi connectivity index (χ2n) is 6.90. The van der Waals surface area contributed by atoms with Gasteiger partial charge >= 0.3 is 0 Å². The summed E-state index contributed by atoms with van der Waals surface area (Å²) in [6, 6.07) is 11.8. The molecule has 0 bridgehead atoms. The lowest BCUT2D eigenvalue weighted by Gasteiger charge is -2.37. The maximum Gasteiger partial charge on any atom is 0.104 e. The molecule has 1 aliphatic heterocycles. The van der Waals surface area contributed by atoms with Gasteiger partial charge in [0.05, 0.1) is 0 Å². The van der Waals surface area contributed by atoms with Crippen molar-refractivity contribution in [1.82, 2.24) is 9.80 Å². The molecule has 25 heavy (non-hydrogen) atoms. The van der Waals surface area contributed by atoms with E-state index in [2.05, 4.69) is 57.4 Å². The first-order valence-corrected chi connectivity index (χ1v) is 9.90. The Morgan fingerprint density at radius 3 is 2.48 bits per heavy atom. The Bertz CT molecular complexity index is 755. The number of benzene rings is 1. The fraction of sp³-hybridized carbons (Fsp3) is 0.429. The number of nitrogens with zero attached hydrogens (tertiary/aromatic N) is 2. The largest absolute Gasteiger partial charge is 0.384 e. The predicted octanol–water partition coefficient (Wildman–Crippen LogP) is 2.38. The van der Waals surface area contributed by atoms with Crippen molar-refractivity contribution in [2.24, 2.45) is 0 Å². The van der Waals surface area contributed by atoms with Crippen LogP contribution in [-0.2, 0) is 19.4 Å². The van der Waals surface area contributed by atoms with Crippen molar-refractivity contribution >= 4 is 11.3 Å². The van der Waals surface area contributed by atoms with Crippen LogP contribution >= 0.6 is 11.3 Å². The molecular formula is C21H24N2OS. The Labute approximate surface area is 153 Å². The summed E-state index contributed by atoms with van der Waals surface area (Å²) >= 11 is 1.77. The second-order valence-corrected chi connectivity index (χ2v) is 7.90. The van der Waals surface area contributed by atoms with E-state index in [-0.39, 0.29) is 6.61 Å². The van der Waals surface area contributed by atoms with E-state index in [1.54, 1.807) is 22.5 Å². The number of fused-ring (bicyclic) bond motifs is 1. The van der Waals surface area contributed by atoms with Gasteiger partial charge in [-0.25, -0.2) is 0 Å². The van der Waals surface area contributed by atoms with Gasteiger partial charge in [0.2, 0.25) is 0 Å². The first-order chi connectivity index (χ1) is 12.3. The van der Waals surface area contributed by atoms with Crippen molar-refractivity contribution in [3.63, 3.8) is 0 Å². The third kappa shape index (κ3) is 3.96. The van der Waals surface area contributed by atoms with Gasteiger partial charge in [0, 0.05) is 54.6 Å². The molecule has 0 saturated carbocycles. The Morgan fingerprint density at radius 1 is 1.08 bits per heavy atom. The Morgan fingerprint density at radius 2 is 1.80 bits per heavy atom. The minimum atomic E-state index is -0.0713. The summed E-state index contributed by atoms with van der Waals surface area (Å²) in [6.07, 6.45) is 2.43. The van der Waals surface area contributed by atoms with Gasteiger partial charge in [-0.05, 0) is 30.0 Å². The van der Waals surface area contributed by atoms with Crippen LogP contribution in [0.15, 0.2) is 35.7 Å². The number of piperazine rings is 1. The molecule has 2 heterocycles. The SMILES string of the molecule is OCC#Cc1csc(CN2CCN(C3Cc4ccccc4C3)CC2)c1. The van der Waals surface area contributed by atoms with E-state index < -0.39 is 0 Å². The summed E-state index contributed by atoms with van der Waals surface area (Å²) in [5.41, 5.74) is 4.12. The van der Waals surface area contributed by atoms with E-state index in [4.69, 9.17) is 5.11 Å². The highest BCUT2D eigenvalue weighted by Crippen LogP contribution is 2.26. The normalized spacial score (nSPS) is 18.8. The van der Waals surface area contributed by atoms with Gasteiger partial charge in [-0.3, -0.25) is 9.80 Å². The average Bonchev–Trinajstić information content (AvgIpc) is 3.27. The minimum absolute atomic E-state index is 0.0713. The smallest absolute Gasteiger partial charge is 0.104 e. The Hall–Kier alpha value is -1.64. The predicted molar refractivity (Wildman–Crippen MR) is 103 cm³/mol. The average molecular weight is 353 g/mol. The molecule has 1 aromatic carbocycles. The van der Waals surface area contributed by atoms with E-state index in [1.807, 2.05) is 0 Å². The highest BCUT2D eigenvalue weighted by molar-refractivity contribution is 7.10. The number of hydrogen-bond donors (Lipinski definition) is 1.